The Morgan fingerprint density at radius 3 is 2.86 bits per heavy atom. The summed E-state index contributed by atoms with van der Waals surface area (Å²) >= 11 is 3.89. The predicted molar refractivity (Wildman–Crippen MR) is 66.9 cm³/mol. The summed E-state index contributed by atoms with van der Waals surface area (Å²) in [5.41, 5.74) is 0.659. The topological polar surface area (TPSA) is 26.3 Å². The number of carbonyl (C=O) groups is 1. The van der Waals surface area contributed by atoms with Crippen molar-refractivity contribution in [3.05, 3.63) is 27.3 Å². The van der Waals surface area contributed by atoms with E-state index in [0.717, 1.165) is 14.2 Å². The van der Waals surface area contributed by atoms with Crippen molar-refractivity contribution in [3.8, 4) is 0 Å². The monoisotopic (exact) mass is 322 g/mol. The number of rotatable bonds is 3. The molecule has 4 heteroatoms. The van der Waals surface area contributed by atoms with Gasteiger partial charge in [0.1, 0.15) is 0 Å². The molecule has 0 aliphatic heterocycles. The van der Waals surface area contributed by atoms with Gasteiger partial charge in [-0.05, 0) is 40.5 Å². The largest absolute Gasteiger partial charge is 0.465 e. The van der Waals surface area contributed by atoms with Crippen LogP contribution in [0.1, 0.15) is 17.3 Å². The van der Waals surface area contributed by atoms with Crippen LogP contribution in [0.25, 0.3) is 0 Å². The Hall–Kier alpha value is -0.230. The van der Waals surface area contributed by atoms with Gasteiger partial charge in [-0.3, -0.25) is 0 Å². The molecule has 0 amide bonds. The molecule has 0 fully saturated rings. The summed E-state index contributed by atoms with van der Waals surface area (Å²) in [7, 11) is 1.41. The minimum absolute atomic E-state index is 0.264. The van der Waals surface area contributed by atoms with Gasteiger partial charge in [0.25, 0.3) is 0 Å². The van der Waals surface area contributed by atoms with Gasteiger partial charge in [-0.25, -0.2) is 4.79 Å². The van der Waals surface area contributed by atoms with Crippen molar-refractivity contribution in [1.82, 2.24) is 0 Å². The van der Waals surface area contributed by atoms with Gasteiger partial charge in [0, 0.05) is 8.47 Å². The number of halogens is 1. The molecule has 0 aliphatic carbocycles. The normalized spacial score (nSPS) is 9.93. The molecule has 2 nitrogen and oxygen atoms in total. The predicted octanol–water partition coefficient (Wildman–Crippen LogP) is 3.19. The summed E-state index contributed by atoms with van der Waals surface area (Å²) in [6.45, 7) is 2.06. The lowest BCUT2D eigenvalue weighted by atomic mass is 10.2. The molecule has 0 saturated carbocycles. The molecule has 0 saturated heterocycles. The number of ether oxygens (including phenoxy) is 1. The Kier molecular flexibility index (Phi) is 4.74. The van der Waals surface area contributed by atoms with Crippen LogP contribution in [-0.2, 0) is 4.74 Å². The van der Waals surface area contributed by atoms with Crippen molar-refractivity contribution in [2.45, 2.75) is 11.8 Å². The number of methoxy groups -OCH3 is 1. The number of hydrogen-bond acceptors (Lipinski definition) is 3. The Morgan fingerprint density at radius 2 is 2.29 bits per heavy atom. The van der Waals surface area contributed by atoms with Crippen molar-refractivity contribution in [2.24, 2.45) is 0 Å². The van der Waals surface area contributed by atoms with Crippen LogP contribution >= 0.6 is 34.4 Å². The number of carbonyl (C=O) groups excluding carboxylic acids is 1. The lowest BCUT2D eigenvalue weighted by molar-refractivity contribution is 0.0596. The molecule has 0 spiro atoms. The summed E-state index contributed by atoms with van der Waals surface area (Å²) in [5, 5.41) is 0. The van der Waals surface area contributed by atoms with Gasteiger partial charge in [-0.15, -0.1) is 11.8 Å². The molecule has 0 aliphatic rings. The van der Waals surface area contributed by atoms with E-state index in [0.29, 0.717) is 5.56 Å². The zero-order valence-electron chi connectivity index (χ0n) is 8.04. The first-order chi connectivity index (χ1) is 6.70. The standard InChI is InChI=1S/C10H11IO2S/c1-3-14-9-7(10(12)13-2)5-4-6-8(9)11/h4-6H,3H2,1-2H3. The van der Waals surface area contributed by atoms with Crippen molar-refractivity contribution in [3.63, 3.8) is 0 Å². The third-order valence-electron chi connectivity index (χ3n) is 1.66. The van der Waals surface area contributed by atoms with E-state index in [4.69, 9.17) is 4.74 Å². The molecule has 1 aromatic carbocycles. The van der Waals surface area contributed by atoms with E-state index >= 15 is 0 Å². The lowest BCUT2D eigenvalue weighted by Crippen LogP contribution is -2.04. The Balaban J connectivity index is 3.13. The van der Waals surface area contributed by atoms with Crippen molar-refractivity contribution < 1.29 is 9.53 Å². The first-order valence-corrected chi connectivity index (χ1v) is 6.26. The highest BCUT2D eigenvalue weighted by atomic mass is 127. The summed E-state index contributed by atoms with van der Waals surface area (Å²) in [4.78, 5) is 12.4. The van der Waals surface area contributed by atoms with E-state index in [2.05, 4.69) is 29.5 Å². The summed E-state index contributed by atoms with van der Waals surface area (Å²) in [5.74, 6) is 0.684. The molecule has 0 N–H and O–H groups in total. The summed E-state index contributed by atoms with van der Waals surface area (Å²) < 4.78 is 5.82. The minimum atomic E-state index is -0.264. The van der Waals surface area contributed by atoms with Crippen LogP contribution in [-0.4, -0.2) is 18.8 Å². The lowest BCUT2D eigenvalue weighted by Gasteiger charge is -2.07. The maximum absolute atomic E-state index is 11.4. The SMILES string of the molecule is CCSc1c(I)cccc1C(=O)OC. The molecule has 76 valence electrons. The molecule has 0 bridgehead atoms. The van der Waals surface area contributed by atoms with E-state index in [1.165, 1.54) is 7.11 Å². The maximum Gasteiger partial charge on any atom is 0.339 e. The summed E-state index contributed by atoms with van der Waals surface area (Å²) in [6.07, 6.45) is 0. The number of hydrogen-bond donors (Lipinski definition) is 0. The van der Waals surface area contributed by atoms with Gasteiger partial charge in [0.15, 0.2) is 0 Å². The van der Waals surface area contributed by atoms with E-state index in [1.807, 2.05) is 12.1 Å². The highest BCUT2D eigenvalue weighted by molar-refractivity contribution is 14.1. The second-order valence-electron chi connectivity index (χ2n) is 2.54. The average Bonchev–Trinajstić information content (AvgIpc) is 2.20. The second-order valence-corrected chi connectivity index (χ2v) is 4.98. The first kappa shape index (κ1) is 11.8. The molecule has 0 heterocycles. The molecule has 0 aromatic heterocycles. The van der Waals surface area contributed by atoms with Gasteiger partial charge in [0.05, 0.1) is 12.7 Å². The van der Waals surface area contributed by atoms with E-state index in [9.17, 15) is 4.79 Å². The fourth-order valence-electron chi connectivity index (χ4n) is 1.07. The highest BCUT2D eigenvalue weighted by Gasteiger charge is 2.13. The van der Waals surface area contributed by atoms with Gasteiger partial charge in [0.2, 0.25) is 0 Å². The number of benzene rings is 1. The van der Waals surface area contributed by atoms with Crippen LogP contribution in [0, 0.1) is 3.57 Å². The minimum Gasteiger partial charge on any atom is -0.465 e. The third kappa shape index (κ3) is 2.63. The fourth-order valence-corrected chi connectivity index (χ4v) is 2.84. The highest BCUT2D eigenvalue weighted by Crippen LogP contribution is 2.28. The van der Waals surface area contributed by atoms with Crippen molar-refractivity contribution >= 4 is 40.3 Å². The third-order valence-corrected chi connectivity index (χ3v) is 3.94. The van der Waals surface area contributed by atoms with Gasteiger partial charge < -0.3 is 4.74 Å². The van der Waals surface area contributed by atoms with Crippen molar-refractivity contribution in [1.29, 1.82) is 0 Å². The molecular weight excluding hydrogens is 311 g/mol. The molecular formula is C10H11IO2S. The van der Waals surface area contributed by atoms with Gasteiger partial charge in [-0.2, -0.15) is 0 Å². The Morgan fingerprint density at radius 1 is 1.57 bits per heavy atom. The van der Waals surface area contributed by atoms with Crippen LogP contribution in [0.3, 0.4) is 0 Å². The van der Waals surface area contributed by atoms with E-state index in [1.54, 1.807) is 17.8 Å². The quantitative estimate of drug-likeness (QED) is 0.486. The molecule has 0 atom stereocenters. The molecule has 0 radical (unpaired) electrons. The average molecular weight is 322 g/mol. The summed E-state index contributed by atoms with van der Waals surface area (Å²) in [6, 6.07) is 5.66. The van der Waals surface area contributed by atoms with Gasteiger partial charge in [-0.1, -0.05) is 13.0 Å². The van der Waals surface area contributed by atoms with Crippen LogP contribution in [0.4, 0.5) is 0 Å². The van der Waals surface area contributed by atoms with E-state index in [-0.39, 0.29) is 5.97 Å². The van der Waals surface area contributed by atoms with Crippen molar-refractivity contribution in [2.75, 3.05) is 12.9 Å². The number of thioether (sulfide) groups is 1. The molecule has 1 aromatic rings. The van der Waals surface area contributed by atoms with Gasteiger partial charge >= 0.3 is 5.97 Å². The molecule has 1 rings (SSSR count). The maximum atomic E-state index is 11.4. The van der Waals surface area contributed by atoms with E-state index < -0.39 is 0 Å². The Bertz CT molecular complexity index is 339. The van der Waals surface area contributed by atoms with Crippen LogP contribution in [0.15, 0.2) is 23.1 Å². The molecule has 0 unspecified atom stereocenters. The zero-order valence-corrected chi connectivity index (χ0v) is 11.0. The second kappa shape index (κ2) is 5.60. The zero-order chi connectivity index (χ0) is 10.6. The Labute approximate surface area is 102 Å². The van der Waals surface area contributed by atoms with Crippen LogP contribution < -0.4 is 0 Å². The first-order valence-electron chi connectivity index (χ1n) is 4.20. The fraction of sp³-hybridized carbons (Fsp3) is 0.300. The van der Waals surface area contributed by atoms with Crippen LogP contribution in [0.5, 0.6) is 0 Å². The van der Waals surface area contributed by atoms with Crippen LogP contribution in [0.2, 0.25) is 0 Å². The smallest absolute Gasteiger partial charge is 0.339 e. The number of esters is 1. The molecule has 14 heavy (non-hydrogen) atoms.